The minimum absolute atomic E-state index is 0.0468. The average Bonchev–Trinajstić information content (AvgIpc) is 2.83. The minimum Gasteiger partial charge on any atom is -0.497 e. The van der Waals surface area contributed by atoms with Gasteiger partial charge in [-0.1, -0.05) is 12.1 Å². The van der Waals surface area contributed by atoms with Gasteiger partial charge in [0.15, 0.2) is 5.43 Å². The highest BCUT2D eigenvalue weighted by atomic mass is 16.5. The van der Waals surface area contributed by atoms with Crippen LogP contribution in [-0.4, -0.2) is 51.8 Å². The maximum atomic E-state index is 12.8. The lowest BCUT2D eigenvalue weighted by Gasteiger charge is -2.36. The number of hydrogen-bond donors (Lipinski definition) is 0. The van der Waals surface area contributed by atoms with E-state index in [1.807, 2.05) is 12.1 Å². The molecule has 1 aliphatic heterocycles. The Morgan fingerprint density at radius 2 is 1.77 bits per heavy atom. The third-order valence-corrected chi connectivity index (χ3v) is 6.02. The number of para-hydroxylation sites is 2. The number of rotatable bonds is 8. The number of methoxy groups -OCH3 is 2. The van der Waals surface area contributed by atoms with Crippen molar-refractivity contribution in [3.05, 3.63) is 64.5 Å². The molecule has 0 atom stereocenters. The summed E-state index contributed by atoms with van der Waals surface area (Å²) in [6.45, 7) is 5.12. The predicted octanol–water partition coefficient (Wildman–Crippen LogP) is 3.96. The summed E-state index contributed by atoms with van der Waals surface area (Å²) >= 11 is 0. The Kier molecular flexibility index (Phi) is 6.77. The molecule has 31 heavy (non-hydrogen) atoms. The largest absolute Gasteiger partial charge is 0.497 e. The van der Waals surface area contributed by atoms with Crippen LogP contribution in [0.2, 0.25) is 0 Å². The Balaban J connectivity index is 1.26. The van der Waals surface area contributed by atoms with Gasteiger partial charge in [0.1, 0.15) is 17.1 Å². The van der Waals surface area contributed by atoms with E-state index in [0.717, 1.165) is 63.3 Å². The first-order chi connectivity index (χ1) is 15.2. The lowest BCUT2D eigenvalue weighted by molar-refractivity contribution is 0.252. The van der Waals surface area contributed by atoms with E-state index in [4.69, 9.17) is 13.9 Å². The summed E-state index contributed by atoms with van der Waals surface area (Å²) in [4.78, 5) is 17.7. The fraction of sp³-hybridized carbons (Fsp3) is 0.400. The first-order valence-corrected chi connectivity index (χ1v) is 10.9. The number of ether oxygens (including phenoxy) is 2. The van der Waals surface area contributed by atoms with Gasteiger partial charge in [-0.2, -0.15) is 0 Å². The number of unbranched alkanes of at least 4 members (excludes halogenated alkanes) is 1. The van der Waals surface area contributed by atoms with E-state index in [1.165, 1.54) is 5.69 Å². The average molecular weight is 423 g/mol. The van der Waals surface area contributed by atoms with Crippen LogP contribution >= 0.6 is 0 Å². The lowest BCUT2D eigenvalue weighted by Crippen LogP contribution is -2.46. The second-order valence-electron chi connectivity index (χ2n) is 7.91. The van der Waals surface area contributed by atoms with Crippen molar-refractivity contribution in [1.82, 2.24) is 4.90 Å². The number of benzene rings is 2. The summed E-state index contributed by atoms with van der Waals surface area (Å²) in [5.74, 6) is 1.60. The number of nitrogens with zero attached hydrogens (tertiary/aromatic N) is 2. The standard InChI is InChI=1S/C25H30N2O4/c1-29-20-10-11-23-21(17-20)25(28)19(18-31-23)7-5-6-12-26-13-15-27(16-14-26)22-8-3-4-9-24(22)30-2/h3-4,8-11,17-18H,5-7,12-16H2,1-2H3. The molecule has 0 amide bonds. The molecule has 2 aromatic carbocycles. The summed E-state index contributed by atoms with van der Waals surface area (Å²) in [7, 11) is 3.32. The van der Waals surface area contributed by atoms with Crippen LogP contribution in [0.25, 0.3) is 11.0 Å². The van der Waals surface area contributed by atoms with Gasteiger partial charge in [-0.3, -0.25) is 9.69 Å². The van der Waals surface area contributed by atoms with E-state index in [1.54, 1.807) is 38.7 Å². The van der Waals surface area contributed by atoms with Gasteiger partial charge >= 0.3 is 0 Å². The zero-order valence-electron chi connectivity index (χ0n) is 18.3. The molecule has 1 fully saturated rings. The second-order valence-corrected chi connectivity index (χ2v) is 7.91. The molecule has 1 aliphatic rings. The Morgan fingerprint density at radius 1 is 0.968 bits per heavy atom. The summed E-state index contributed by atoms with van der Waals surface area (Å²) in [5, 5.41) is 0.587. The van der Waals surface area contributed by atoms with Crippen molar-refractivity contribution in [2.75, 3.05) is 51.8 Å². The molecule has 6 nitrogen and oxygen atoms in total. The normalized spacial score (nSPS) is 14.7. The second kappa shape index (κ2) is 9.88. The Bertz CT molecular complexity index is 1070. The smallest absolute Gasteiger partial charge is 0.195 e. The third kappa shape index (κ3) is 4.85. The molecule has 1 saturated heterocycles. The molecule has 0 aliphatic carbocycles. The maximum Gasteiger partial charge on any atom is 0.195 e. The highest BCUT2D eigenvalue weighted by molar-refractivity contribution is 5.78. The van der Waals surface area contributed by atoms with E-state index >= 15 is 0 Å². The molecular weight excluding hydrogens is 392 g/mol. The third-order valence-electron chi connectivity index (χ3n) is 6.02. The zero-order chi connectivity index (χ0) is 21.6. The predicted molar refractivity (Wildman–Crippen MR) is 124 cm³/mol. The first-order valence-electron chi connectivity index (χ1n) is 10.9. The van der Waals surface area contributed by atoms with Crippen LogP contribution in [0.1, 0.15) is 18.4 Å². The van der Waals surface area contributed by atoms with Gasteiger partial charge in [0.05, 0.1) is 31.6 Å². The van der Waals surface area contributed by atoms with Gasteiger partial charge in [-0.05, 0) is 56.1 Å². The van der Waals surface area contributed by atoms with Crippen molar-refractivity contribution in [3.63, 3.8) is 0 Å². The van der Waals surface area contributed by atoms with Crippen LogP contribution in [0, 0.1) is 0 Å². The van der Waals surface area contributed by atoms with Crippen LogP contribution in [0.5, 0.6) is 11.5 Å². The lowest BCUT2D eigenvalue weighted by atomic mass is 10.1. The molecule has 164 valence electrons. The monoisotopic (exact) mass is 422 g/mol. The van der Waals surface area contributed by atoms with Crippen molar-refractivity contribution in [2.45, 2.75) is 19.3 Å². The Morgan fingerprint density at radius 3 is 2.55 bits per heavy atom. The highest BCUT2D eigenvalue weighted by Crippen LogP contribution is 2.28. The molecule has 0 N–H and O–H groups in total. The van der Waals surface area contributed by atoms with Crippen LogP contribution in [-0.2, 0) is 6.42 Å². The van der Waals surface area contributed by atoms with E-state index < -0.39 is 0 Å². The van der Waals surface area contributed by atoms with Gasteiger partial charge in [0.25, 0.3) is 0 Å². The van der Waals surface area contributed by atoms with Crippen LogP contribution < -0.4 is 19.8 Å². The van der Waals surface area contributed by atoms with Gasteiger partial charge in [-0.25, -0.2) is 0 Å². The quantitative estimate of drug-likeness (QED) is 0.512. The number of piperazine rings is 1. The van der Waals surface area contributed by atoms with E-state index in [9.17, 15) is 4.79 Å². The molecule has 0 radical (unpaired) electrons. The molecule has 2 heterocycles. The van der Waals surface area contributed by atoms with Gasteiger partial charge in [-0.15, -0.1) is 0 Å². The highest BCUT2D eigenvalue weighted by Gasteiger charge is 2.19. The SMILES string of the molecule is COc1ccc2occ(CCCCN3CCN(c4ccccc4OC)CC3)c(=O)c2c1. The summed E-state index contributed by atoms with van der Waals surface area (Å²) in [6.07, 6.45) is 4.37. The Labute approximate surface area is 183 Å². The van der Waals surface area contributed by atoms with Gasteiger partial charge < -0.3 is 18.8 Å². The molecule has 0 unspecified atom stereocenters. The number of anilines is 1. The van der Waals surface area contributed by atoms with E-state index in [-0.39, 0.29) is 5.43 Å². The zero-order valence-corrected chi connectivity index (χ0v) is 18.3. The number of aryl methyl sites for hydroxylation is 1. The van der Waals surface area contributed by atoms with Crippen LogP contribution in [0.4, 0.5) is 5.69 Å². The van der Waals surface area contributed by atoms with Crippen molar-refractivity contribution in [1.29, 1.82) is 0 Å². The number of fused-ring (bicyclic) bond motifs is 1. The first kappa shape index (κ1) is 21.2. The topological polar surface area (TPSA) is 55.1 Å². The molecule has 0 spiro atoms. The molecule has 0 bridgehead atoms. The van der Waals surface area contributed by atoms with E-state index in [0.29, 0.717) is 16.7 Å². The van der Waals surface area contributed by atoms with Crippen molar-refractivity contribution < 1.29 is 13.9 Å². The minimum atomic E-state index is 0.0468. The summed E-state index contributed by atoms with van der Waals surface area (Å²) in [5.41, 5.74) is 2.55. The molecule has 3 aromatic rings. The molecule has 6 heteroatoms. The Hall–Kier alpha value is -2.99. The van der Waals surface area contributed by atoms with Gasteiger partial charge in [0.2, 0.25) is 0 Å². The van der Waals surface area contributed by atoms with E-state index in [2.05, 4.69) is 21.9 Å². The number of hydrogen-bond acceptors (Lipinski definition) is 6. The maximum absolute atomic E-state index is 12.8. The summed E-state index contributed by atoms with van der Waals surface area (Å²) < 4.78 is 16.4. The van der Waals surface area contributed by atoms with Crippen molar-refractivity contribution >= 4 is 16.7 Å². The van der Waals surface area contributed by atoms with Crippen LogP contribution in [0.3, 0.4) is 0 Å². The van der Waals surface area contributed by atoms with Gasteiger partial charge in [0, 0.05) is 31.7 Å². The fourth-order valence-electron chi connectivity index (χ4n) is 4.20. The molecular formula is C25H30N2O4. The molecule has 1 aromatic heterocycles. The van der Waals surface area contributed by atoms with Crippen LogP contribution in [0.15, 0.2) is 57.9 Å². The fourth-order valence-corrected chi connectivity index (χ4v) is 4.20. The van der Waals surface area contributed by atoms with Crippen molar-refractivity contribution in [3.8, 4) is 11.5 Å². The molecule has 0 saturated carbocycles. The van der Waals surface area contributed by atoms with Crippen molar-refractivity contribution in [2.24, 2.45) is 0 Å². The molecule has 4 rings (SSSR count). The summed E-state index contributed by atoms with van der Waals surface area (Å²) in [6, 6.07) is 13.5.